The molecule has 1 amide bonds. The molecule has 0 aliphatic heterocycles. The van der Waals surface area contributed by atoms with Gasteiger partial charge >= 0.3 is 0 Å². The van der Waals surface area contributed by atoms with Crippen molar-refractivity contribution in [3.63, 3.8) is 0 Å². The zero-order chi connectivity index (χ0) is 13.9. The summed E-state index contributed by atoms with van der Waals surface area (Å²) in [6.45, 7) is 6.26. The molecule has 1 atom stereocenters. The zero-order valence-electron chi connectivity index (χ0n) is 11.8. The lowest BCUT2D eigenvalue weighted by Crippen LogP contribution is -2.39. The summed E-state index contributed by atoms with van der Waals surface area (Å²) in [4.78, 5) is 13.4. The van der Waals surface area contributed by atoms with Gasteiger partial charge in [0.05, 0.1) is 13.2 Å². The highest BCUT2D eigenvalue weighted by Crippen LogP contribution is 2.24. The largest absolute Gasteiger partial charge is 0.496 e. The maximum Gasteiger partial charge on any atom is 0.239 e. The molecule has 4 heteroatoms. The number of nitrogens with zero attached hydrogens (tertiary/aromatic N) is 1. The van der Waals surface area contributed by atoms with Crippen molar-refractivity contribution in [2.45, 2.75) is 33.4 Å². The van der Waals surface area contributed by atoms with Crippen molar-refractivity contribution < 1.29 is 9.53 Å². The molecule has 18 heavy (non-hydrogen) atoms. The fourth-order valence-corrected chi connectivity index (χ4v) is 2.15. The Morgan fingerprint density at radius 1 is 1.39 bits per heavy atom. The molecule has 2 N–H and O–H groups in total. The normalized spacial score (nSPS) is 12.1. The number of likely N-dealkylation sites (N-methyl/N-ethyl adjacent to an activating group) is 1. The number of rotatable bonds is 4. The van der Waals surface area contributed by atoms with Crippen molar-refractivity contribution in [3.8, 4) is 5.75 Å². The van der Waals surface area contributed by atoms with Crippen molar-refractivity contribution in [1.82, 2.24) is 4.90 Å². The molecule has 0 saturated carbocycles. The molecule has 1 aromatic rings. The first-order valence-electron chi connectivity index (χ1n) is 6.01. The van der Waals surface area contributed by atoms with Gasteiger partial charge in [0.25, 0.3) is 0 Å². The van der Waals surface area contributed by atoms with E-state index in [4.69, 9.17) is 10.5 Å². The predicted molar refractivity (Wildman–Crippen MR) is 72.6 cm³/mol. The van der Waals surface area contributed by atoms with E-state index in [-0.39, 0.29) is 5.91 Å². The van der Waals surface area contributed by atoms with Crippen LogP contribution in [-0.2, 0) is 11.3 Å². The second-order valence-electron chi connectivity index (χ2n) is 4.75. The number of carbonyl (C=O) groups is 1. The molecule has 1 rings (SSSR count). The third-order valence-electron chi connectivity index (χ3n) is 2.91. The second kappa shape index (κ2) is 5.87. The monoisotopic (exact) mass is 250 g/mol. The number of aryl methyl sites for hydroxylation is 2. The average molecular weight is 250 g/mol. The Hall–Kier alpha value is -1.55. The SMILES string of the molecule is COc1c(C)cc(CN(C)C(=O)[C@@H](C)N)cc1C. The van der Waals surface area contributed by atoms with E-state index in [0.717, 1.165) is 22.4 Å². The topological polar surface area (TPSA) is 55.6 Å². The number of ether oxygens (including phenoxy) is 1. The minimum atomic E-state index is -0.463. The van der Waals surface area contributed by atoms with E-state index < -0.39 is 6.04 Å². The summed E-state index contributed by atoms with van der Waals surface area (Å²) >= 11 is 0. The molecule has 0 fully saturated rings. The van der Waals surface area contributed by atoms with Gasteiger partial charge in [-0.1, -0.05) is 12.1 Å². The number of amides is 1. The van der Waals surface area contributed by atoms with Crippen LogP contribution < -0.4 is 10.5 Å². The maximum absolute atomic E-state index is 11.7. The Morgan fingerprint density at radius 2 is 1.89 bits per heavy atom. The summed E-state index contributed by atoms with van der Waals surface area (Å²) in [5.74, 6) is 0.848. The molecular formula is C14H22N2O2. The van der Waals surface area contributed by atoms with Gasteiger partial charge in [0.1, 0.15) is 5.75 Å². The van der Waals surface area contributed by atoms with Crippen LogP contribution in [-0.4, -0.2) is 31.0 Å². The predicted octanol–water partition coefficient (Wildman–Crippen LogP) is 1.62. The summed E-state index contributed by atoms with van der Waals surface area (Å²) in [5, 5.41) is 0. The lowest BCUT2D eigenvalue weighted by atomic mass is 10.1. The fourth-order valence-electron chi connectivity index (χ4n) is 2.15. The van der Waals surface area contributed by atoms with Crippen LogP contribution in [0, 0.1) is 13.8 Å². The van der Waals surface area contributed by atoms with Crippen LogP contribution in [0.4, 0.5) is 0 Å². The van der Waals surface area contributed by atoms with E-state index in [2.05, 4.69) is 0 Å². The summed E-state index contributed by atoms with van der Waals surface area (Å²) in [5.41, 5.74) is 8.83. The lowest BCUT2D eigenvalue weighted by Gasteiger charge is -2.20. The van der Waals surface area contributed by atoms with Gasteiger partial charge in [0.15, 0.2) is 0 Å². The minimum absolute atomic E-state index is 0.0545. The fraction of sp³-hybridized carbons (Fsp3) is 0.500. The van der Waals surface area contributed by atoms with Crippen LogP contribution in [0.15, 0.2) is 12.1 Å². The quantitative estimate of drug-likeness (QED) is 0.883. The molecule has 0 bridgehead atoms. The molecule has 1 aromatic carbocycles. The molecule has 0 heterocycles. The summed E-state index contributed by atoms with van der Waals surface area (Å²) < 4.78 is 5.32. The maximum atomic E-state index is 11.7. The Kier molecular flexibility index (Phi) is 4.73. The third-order valence-corrected chi connectivity index (χ3v) is 2.91. The van der Waals surface area contributed by atoms with Gasteiger partial charge in [0.2, 0.25) is 5.91 Å². The number of methoxy groups -OCH3 is 1. The molecule has 0 aromatic heterocycles. The summed E-state index contributed by atoms with van der Waals surface area (Å²) in [7, 11) is 3.43. The van der Waals surface area contributed by atoms with Gasteiger partial charge in [-0.25, -0.2) is 0 Å². The number of benzene rings is 1. The van der Waals surface area contributed by atoms with Gasteiger partial charge < -0.3 is 15.4 Å². The van der Waals surface area contributed by atoms with Crippen molar-refractivity contribution in [2.24, 2.45) is 5.73 Å². The molecule has 0 spiro atoms. The first-order chi connectivity index (χ1) is 8.36. The smallest absolute Gasteiger partial charge is 0.239 e. The Balaban J connectivity index is 2.89. The van der Waals surface area contributed by atoms with Gasteiger partial charge in [-0.3, -0.25) is 4.79 Å². The molecule has 0 saturated heterocycles. The van der Waals surface area contributed by atoms with Crippen molar-refractivity contribution in [3.05, 3.63) is 28.8 Å². The molecular weight excluding hydrogens is 228 g/mol. The zero-order valence-corrected chi connectivity index (χ0v) is 11.8. The van der Waals surface area contributed by atoms with Crippen LogP contribution in [0.5, 0.6) is 5.75 Å². The summed E-state index contributed by atoms with van der Waals surface area (Å²) in [6.07, 6.45) is 0. The first kappa shape index (κ1) is 14.5. The van der Waals surface area contributed by atoms with Gasteiger partial charge in [-0.2, -0.15) is 0 Å². The number of hydrogen-bond acceptors (Lipinski definition) is 3. The van der Waals surface area contributed by atoms with Gasteiger partial charge in [-0.15, -0.1) is 0 Å². The Labute approximate surface area is 109 Å². The molecule has 0 unspecified atom stereocenters. The van der Waals surface area contributed by atoms with E-state index >= 15 is 0 Å². The second-order valence-corrected chi connectivity index (χ2v) is 4.75. The Bertz CT molecular complexity index is 418. The molecule has 0 aliphatic rings. The van der Waals surface area contributed by atoms with E-state index in [0.29, 0.717) is 6.54 Å². The van der Waals surface area contributed by atoms with Crippen LogP contribution in [0.3, 0.4) is 0 Å². The van der Waals surface area contributed by atoms with Crippen molar-refractivity contribution >= 4 is 5.91 Å². The van der Waals surface area contributed by atoms with E-state index in [1.165, 1.54) is 0 Å². The molecule has 4 nitrogen and oxygen atoms in total. The highest BCUT2D eigenvalue weighted by Gasteiger charge is 2.14. The standard InChI is InChI=1S/C14H22N2O2/c1-9-6-12(7-10(2)13(9)18-5)8-16(4)14(17)11(3)15/h6-7,11H,8,15H2,1-5H3/t11-/m1/s1. The average Bonchev–Trinajstić information content (AvgIpc) is 2.27. The van der Waals surface area contributed by atoms with E-state index in [9.17, 15) is 4.79 Å². The number of hydrogen-bond donors (Lipinski definition) is 1. The van der Waals surface area contributed by atoms with E-state index in [1.807, 2.05) is 26.0 Å². The summed E-state index contributed by atoms with van der Waals surface area (Å²) in [6, 6.07) is 3.61. The number of carbonyl (C=O) groups excluding carboxylic acids is 1. The van der Waals surface area contributed by atoms with Gasteiger partial charge in [-0.05, 0) is 37.5 Å². The van der Waals surface area contributed by atoms with Crippen LogP contribution in [0.1, 0.15) is 23.6 Å². The molecule has 100 valence electrons. The molecule has 0 radical (unpaired) electrons. The van der Waals surface area contributed by atoms with E-state index in [1.54, 1.807) is 26.0 Å². The highest BCUT2D eigenvalue weighted by molar-refractivity contribution is 5.80. The van der Waals surface area contributed by atoms with Crippen molar-refractivity contribution in [2.75, 3.05) is 14.2 Å². The van der Waals surface area contributed by atoms with Crippen molar-refractivity contribution in [1.29, 1.82) is 0 Å². The lowest BCUT2D eigenvalue weighted by molar-refractivity contribution is -0.131. The van der Waals surface area contributed by atoms with Crippen LogP contribution in [0.25, 0.3) is 0 Å². The van der Waals surface area contributed by atoms with Gasteiger partial charge in [0, 0.05) is 13.6 Å². The van der Waals surface area contributed by atoms with Crippen LogP contribution >= 0.6 is 0 Å². The highest BCUT2D eigenvalue weighted by atomic mass is 16.5. The minimum Gasteiger partial charge on any atom is -0.496 e. The third kappa shape index (κ3) is 3.23. The molecule has 0 aliphatic carbocycles. The Morgan fingerprint density at radius 3 is 2.28 bits per heavy atom. The number of nitrogens with two attached hydrogens (primary N) is 1. The van der Waals surface area contributed by atoms with Crippen LogP contribution in [0.2, 0.25) is 0 Å². The first-order valence-corrected chi connectivity index (χ1v) is 6.01.